The third kappa shape index (κ3) is 4.55. The van der Waals surface area contributed by atoms with Gasteiger partial charge in [-0.15, -0.1) is 0 Å². The van der Waals surface area contributed by atoms with Crippen LogP contribution in [0.3, 0.4) is 0 Å². The second kappa shape index (κ2) is 8.79. The molecule has 1 saturated heterocycles. The van der Waals surface area contributed by atoms with Crippen LogP contribution in [0.15, 0.2) is 42.5 Å². The van der Waals surface area contributed by atoms with Gasteiger partial charge in [-0.1, -0.05) is 32.0 Å². The molecule has 3 amide bonds. The number of carbonyl (C=O) groups excluding carboxylic acids is 3. The highest BCUT2D eigenvalue weighted by Gasteiger charge is 2.28. The molecule has 1 unspecified atom stereocenters. The van der Waals surface area contributed by atoms with E-state index >= 15 is 0 Å². The van der Waals surface area contributed by atoms with Crippen molar-refractivity contribution in [2.75, 3.05) is 13.2 Å². The van der Waals surface area contributed by atoms with Gasteiger partial charge in [0.2, 0.25) is 11.8 Å². The molecule has 0 spiro atoms. The molecule has 2 heterocycles. The van der Waals surface area contributed by atoms with Crippen LogP contribution in [-0.4, -0.2) is 35.8 Å². The number of carbonyl (C=O) groups is 3. The molecule has 0 radical (unpaired) electrons. The minimum atomic E-state index is -0.192. The van der Waals surface area contributed by atoms with E-state index in [0.717, 1.165) is 16.9 Å². The molecular weight excluding hydrogens is 396 g/mol. The van der Waals surface area contributed by atoms with E-state index in [9.17, 15) is 14.4 Å². The number of nitrogens with one attached hydrogen (secondary N) is 1. The van der Waals surface area contributed by atoms with Crippen LogP contribution in [-0.2, 0) is 16.1 Å². The summed E-state index contributed by atoms with van der Waals surface area (Å²) in [6.07, 6.45) is 0.547. The number of nitrogens with zero attached hydrogens (tertiary/aromatic N) is 1. The minimum absolute atomic E-state index is 0.147. The number of hydrogen-bond acceptors (Lipinski definition) is 5. The number of fused-ring (bicyclic) bond motifs is 1. The second-order valence-electron chi connectivity index (χ2n) is 8.17. The molecule has 2 aromatic carbocycles. The maximum atomic E-state index is 12.9. The molecule has 0 aliphatic carbocycles. The van der Waals surface area contributed by atoms with Crippen molar-refractivity contribution in [3.63, 3.8) is 0 Å². The Morgan fingerprint density at radius 2 is 1.61 bits per heavy atom. The average Bonchev–Trinajstić information content (AvgIpc) is 3.09. The first-order chi connectivity index (χ1) is 14.9. The van der Waals surface area contributed by atoms with Crippen molar-refractivity contribution < 1.29 is 23.9 Å². The van der Waals surface area contributed by atoms with Crippen LogP contribution < -0.4 is 14.8 Å². The maximum absolute atomic E-state index is 12.9. The molecule has 2 aromatic rings. The summed E-state index contributed by atoms with van der Waals surface area (Å²) in [4.78, 5) is 37.8. The van der Waals surface area contributed by atoms with Crippen molar-refractivity contribution in [3.05, 3.63) is 59.2 Å². The van der Waals surface area contributed by atoms with E-state index in [2.05, 4.69) is 19.2 Å². The van der Waals surface area contributed by atoms with Gasteiger partial charge >= 0.3 is 0 Å². The summed E-state index contributed by atoms with van der Waals surface area (Å²) in [6, 6.07) is 12.6. The van der Waals surface area contributed by atoms with Gasteiger partial charge < -0.3 is 14.8 Å². The predicted molar refractivity (Wildman–Crippen MR) is 114 cm³/mol. The molecule has 2 aliphatic heterocycles. The van der Waals surface area contributed by atoms with Gasteiger partial charge in [0.05, 0.1) is 12.6 Å². The largest absolute Gasteiger partial charge is 0.486 e. The molecule has 0 saturated carbocycles. The van der Waals surface area contributed by atoms with Crippen molar-refractivity contribution in [1.29, 1.82) is 0 Å². The summed E-state index contributed by atoms with van der Waals surface area (Å²) in [5.74, 6) is 1.09. The Labute approximate surface area is 181 Å². The van der Waals surface area contributed by atoms with Crippen molar-refractivity contribution >= 4 is 17.7 Å². The first-order valence-corrected chi connectivity index (χ1v) is 10.5. The highest BCUT2D eigenvalue weighted by molar-refractivity contribution is 6.01. The zero-order valence-electron chi connectivity index (χ0n) is 17.7. The Kier molecular flexibility index (Phi) is 5.93. The van der Waals surface area contributed by atoms with Gasteiger partial charge in [-0.2, -0.15) is 0 Å². The topological polar surface area (TPSA) is 84.9 Å². The highest BCUT2D eigenvalue weighted by atomic mass is 16.6. The Balaban J connectivity index is 1.45. The SMILES string of the molecule is CC(C)C(NC(=O)c1ccc(CN2C(=O)CCC2=O)cc1)c1ccc2c(c1)OCCO2. The lowest BCUT2D eigenvalue weighted by molar-refractivity contribution is -0.139. The van der Waals surface area contributed by atoms with E-state index in [1.54, 1.807) is 24.3 Å². The molecule has 7 nitrogen and oxygen atoms in total. The molecule has 31 heavy (non-hydrogen) atoms. The standard InChI is InChI=1S/C24H26N2O5/c1-15(2)23(18-7-8-19-20(13-18)31-12-11-30-19)25-24(29)17-5-3-16(4-6-17)14-26-21(27)9-10-22(26)28/h3-8,13,15,23H,9-12,14H2,1-2H3,(H,25,29). The van der Waals surface area contributed by atoms with Gasteiger partial charge in [0.15, 0.2) is 11.5 Å². The van der Waals surface area contributed by atoms with E-state index in [1.807, 2.05) is 18.2 Å². The monoisotopic (exact) mass is 422 g/mol. The average molecular weight is 422 g/mol. The number of likely N-dealkylation sites (tertiary alicyclic amines) is 1. The normalized spacial score (nSPS) is 16.5. The summed E-state index contributed by atoms with van der Waals surface area (Å²) in [7, 11) is 0. The van der Waals surface area contributed by atoms with Crippen LogP contribution in [0.4, 0.5) is 0 Å². The molecule has 162 valence electrons. The van der Waals surface area contributed by atoms with Crippen LogP contribution in [0.5, 0.6) is 11.5 Å². The van der Waals surface area contributed by atoms with E-state index in [1.165, 1.54) is 4.90 Å². The Hall–Kier alpha value is -3.35. The number of hydrogen-bond donors (Lipinski definition) is 1. The van der Waals surface area contributed by atoms with Crippen molar-refractivity contribution in [2.45, 2.75) is 39.3 Å². The predicted octanol–water partition coefficient (Wildman–Crippen LogP) is 3.23. The Morgan fingerprint density at radius 3 is 2.26 bits per heavy atom. The van der Waals surface area contributed by atoms with Crippen LogP contribution in [0.1, 0.15) is 54.2 Å². The lowest BCUT2D eigenvalue weighted by Gasteiger charge is -2.25. The third-order valence-electron chi connectivity index (χ3n) is 5.59. The van der Waals surface area contributed by atoms with E-state index in [-0.39, 0.29) is 49.1 Å². The van der Waals surface area contributed by atoms with Gasteiger partial charge in [0.1, 0.15) is 13.2 Å². The Morgan fingerprint density at radius 1 is 0.968 bits per heavy atom. The second-order valence-corrected chi connectivity index (χ2v) is 8.17. The number of benzene rings is 2. The van der Waals surface area contributed by atoms with Crippen molar-refractivity contribution in [1.82, 2.24) is 10.2 Å². The van der Waals surface area contributed by atoms with E-state index < -0.39 is 0 Å². The van der Waals surface area contributed by atoms with Crippen molar-refractivity contribution in [3.8, 4) is 11.5 Å². The highest BCUT2D eigenvalue weighted by Crippen LogP contribution is 2.34. The molecule has 4 rings (SSSR count). The van der Waals surface area contributed by atoms with Crippen LogP contribution in [0.25, 0.3) is 0 Å². The van der Waals surface area contributed by atoms with Crippen molar-refractivity contribution in [2.24, 2.45) is 5.92 Å². The quantitative estimate of drug-likeness (QED) is 0.723. The fraction of sp³-hybridized carbons (Fsp3) is 0.375. The summed E-state index contributed by atoms with van der Waals surface area (Å²) in [5, 5.41) is 3.11. The first kappa shape index (κ1) is 20.9. The molecule has 0 bridgehead atoms. The maximum Gasteiger partial charge on any atom is 0.251 e. The molecule has 0 aromatic heterocycles. The van der Waals surface area contributed by atoms with Crippen LogP contribution in [0, 0.1) is 5.92 Å². The number of amides is 3. The fourth-order valence-electron chi connectivity index (χ4n) is 3.86. The summed E-state index contributed by atoms with van der Waals surface area (Å²) in [5.41, 5.74) is 2.29. The summed E-state index contributed by atoms with van der Waals surface area (Å²) < 4.78 is 11.3. The minimum Gasteiger partial charge on any atom is -0.486 e. The van der Waals surface area contributed by atoms with Gasteiger partial charge in [0.25, 0.3) is 5.91 Å². The zero-order valence-corrected chi connectivity index (χ0v) is 17.7. The van der Waals surface area contributed by atoms with Crippen LogP contribution >= 0.6 is 0 Å². The summed E-state index contributed by atoms with van der Waals surface area (Å²) >= 11 is 0. The van der Waals surface area contributed by atoms with Gasteiger partial charge in [0, 0.05) is 18.4 Å². The first-order valence-electron chi connectivity index (χ1n) is 10.5. The lowest BCUT2D eigenvalue weighted by Crippen LogP contribution is -2.32. The molecule has 1 atom stereocenters. The molecular formula is C24H26N2O5. The fourth-order valence-corrected chi connectivity index (χ4v) is 3.86. The van der Waals surface area contributed by atoms with Gasteiger partial charge in [-0.25, -0.2) is 0 Å². The van der Waals surface area contributed by atoms with E-state index in [4.69, 9.17) is 9.47 Å². The summed E-state index contributed by atoms with van der Waals surface area (Å²) in [6.45, 7) is 5.39. The Bertz CT molecular complexity index is 984. The van der Waals surface area contributed by atoms with Gasteiger partial charge in [-0.05, 0) is 41.3 Å². The third-order valence-corrected chi connectivity index (χ3v) is 5.59. The number of rotatable bonds is 6. The van der Waals surface area contributed by atoms with Crippen LogP contribution in [0.2, 0.25) is 0 Å². The molecule has 1 N–H and O–H groups in total. The number of ether oxygens (including phenoxy) is 2. The molecule has 2 aliphatic rings. The molecule has 1 fully saturated rings. The number of imide groups is 1. The lowest BCUT2D eigenvalue weighted by atomic mass is 9.95. The van der Waals surface area contributed by atoms with E-state index in [0.29, 0.717) is 24.5 Å². The smallest absolute Gasteiger partial charge is 0.251 e. The van der Waals surface area contributed by atoms with Gasteiger partial charge in [-0.3, -0.25) is 19.3 Å². The zero-order chi connectivity index (χ0) is 22.0. The molecule has 7 heteroatoms.